The second-order valence-electron chi connectivity index (χ2n) is 5.60. The zero-order chi connectivity index (χ0) is 19.1. The van der Waals surface area contributed by atoms with Crippen LogP contribution in [0, 0.1) is 0 Å². The van der Waals surface area contributed by atoms with Crippen molar-refractivity contribution in [1.82, 2.24) is 4.98 Å². The molecule has 0 bridgehead atoms. The van der Waals surface area contributed by atoms with Gasteiger partial charge in [-0.2, -0.15) is 0 Å². The van der Waals surface area contributed by atoms with E-state index in [1.165, 1.54) is 0 Å². The number of methoxy groups -OCH3 is 1. The average Bonchev–Trinajstić information content (AvgIpc) is 3.10. The fourth-order valence-electron chi connectivity index (χ4n) is 2.36. The molecule has 0 saturated heterocycles. The molecule has 27 heavy (non-hydrogen) atoms. The molecule has 6 nitrogen and oxygen atoms in total. The van der Waals surface area contributed by atoms with Crippen LogP contribution in [0.25, 0.3) is 11.5 Å². The van der Waals surface area contributed by atoms with Gasteiger partial charge in [0.05, 0.1) is 7.11 Å². The van der Waals surface area contributed by atoms with Crippen molar-refractivity contribution >= 4 is 6.16 Å². The average molecular weight is 365 g/mol. The lowest BCUT2D eigenvalue weighted by atomic mass is 10.2. The molecule has 0 spiro atoms. The van der Waals surface area contributed by atoms with E-state index in [2.05, 4.69) is 11.6 Å². The minimum atomic E-state index is -0.860. The summed E-state index contributed by atoms with van der Waals surface area (Å²) in [5.74, 6) is 1.05. The maximum atomic E-state index is 12.0. The van der Waals surface area contributed by atoms with Gasteiger partial charge in [-0.1, -0.05) is 36.4 Å². The fraction of sp³-hybridized carbons (Fsp3) is 0.143. The summed E-state index contributed by atoms with van der Waals surface area (Å²) in [7, 11) is 1.59. The molecule has 0 unspecified atom stereocenters. The Hall–Kier alpha value is -3.54. The number of hydrogen-bond donors (Lipinski definition) is 0. The number of rotatable bonds is 7. The first-order chi connectivity index (χ1) is 13.2. The van der Waals surface area contributed by atoms with Gasteiger partial charge in [0, 0.05) is 12.0 Å². The molecule has 0 saturated carbocycles. The summed E-state index contributed by atoms with van der Waals surface area (Å²) in [5.41, 5.74) is 2.05. The highest BCUT2D eigenvalue weighted by Crippen LogP contribution is 2.29. The zero-order valence-electron chi connectivity index (χ0n) is 14.9. The van der Waals surface area contributed by atoms with E-state index in [9.17, 15) is 4.79 Å². The summed E-state index contributed by atoms with van der Waals surface area (Å²) in [6, 6.07) is 16.5. The minimum Gasteiger partial charge on any atom is -0.497 e. The molecule has 0 N–H and O–H groups in total. The van der Waals surface area contributed by atoms with Crippen LogP contribution < -0.4 is 9.47 Å². The number of aromatic nitrogens is 1. The van der Waals surface area contributed by atoms with Crippen molar-refractivity contribution in [3.8, 4) is 23.1 Å². The first-order valence-electron chi connectivity index (χ1n) is 8.33. The summed E-state index contributed by atoms with van der Waals surface area (Å²) < 4.78 is 21.1. The van der Waals surface area contributed by atoms with Gasteiger partial charge in [-0.25, -0.2) is 9.78 Å². The largest absolute Gasteiger partial charge is 0.516 e. The number of hydrogen-bond acceptors (Lipinski definition) is 6. The van der Waals surface area contributed by atoms with Crippen LogP contribution in [0.3, 0.4) is 0 Å². The highest BCUT2D eigenvalue weighted by Gasteiger charge is 2.19. The van der Waals surface area contributed by atoms with Crippen LogP contribution in [0.15, 0.2) is 71.7 Å². The molecule has 0 radical (unpaired) electrons. The molecule has 0 aliphatic carbocycles. The first kappa shape index (κ1) is 18.3. The summed E-state index contributed by atoms with van der Waals surface area (Å²) in [6.07, 6.45) is 1.18. The quantitative estimate of drug-likeness (QED) is 0.443. The smallest absolute Gasteiger partial charge is 0.497 e. The molecule has 2 aromatic carbocycles. The molecule has 0 fully saturated rings. The third-order valence-corrected chi connectivity index (χ3v) is 3.71. The van der Waals surface area contributed by atoms with E-state index in [-0.39, 0.29) is 12.6 Å². The SMILES string of the molecule is C=CCc1nc(-c2ccc(OC)cc2)oc1OC(=O)OCc1ccccc1. The Labute approximate surface area is 157 Å². The molecule has 6 heteroatoms. The second-order valence-corrected chi connectivity index (χ2v) is 5.60. The Kier molecular flexibility index (Phi) is 5.89. The van der Waals surface area contributed by atoms with E-state index >= 15 is 0 Å². The molecule has 0 amide bonds. The van der Waals surface area contributed by atoms with Crippen LogP contribution in [0.1, 0.15) is 11.3 Å². The number of nitrogens with zero attached hydrogens (tertiary/aromatic N) is 1. The third kappa shape index (κ3) is 4.76. The normalized spacial score (nSPS) is 10.3. The van der Waals surface area contributed by atoms with Gasteiger partial charge < -0.3 is 18.6 Å². The first-order valence-corrected chi connectivity index (χ1v) is 8.33. The Morgan fingerprint density at radius 3 is 2.56 bits per heavy atom. The van der Waals surface area contributed by atoms with Crippen LogP contribution in [0.2, 0.25) is 0 Å². The summed E-state index contributed by atoms with van der Waals surface area (Å²) >= 11 is 0. The van der Waals surface area contributed by atoms with Gasteiger partial charge in [0.15, 0.2) is 0 Å². The Balaban J connectivity index is 1.72. The summed E-state index contributed by atoms with van der Waals surface area (Å²) in [4.78, 5) is 16.4. The van der Waals surface area contributed by atoms with E-state index < -0.39 is 6.16 Å². The fourth-order valence-corrected chi connectivity index (χ4v) is 2.36. The van der Waals surface area contributed by atoms with Crippen molar-refractivity contribution in [3.05, 3.63) is 78.5 Å². The van der Waals surface area contributed by atoms with Crippen LogP contribution in [-0.4, -0.2) is 18.2 Å². The van der Waals surface area contributed by atoms with E-state index in [1.807, 2.05) is 30.3 Å². The predicted octanol–water partition coefficient (Wildman–Crippen LogP) is 4.79. The van der Waals surface area contributed by atoms with Crippen molar-refractivity contribution < 1.29 is 23.4 Å². The van der Waals surface area contributed by atoms with Crippen molar-refractivity contribution in [2.75, 3.05) is 7.11 Å². The Morgan fingerprint density at radius 2 is 1.89 bits per heavy atom. The third-order valence-electron chi connectivity index (χ3n) is 3.71. The predicted molar refractivity (Wildman–Crippen MR) is 99.6 cm³/mol. The molecule has 0 aliphatic heterocycles. The van der Waals surface area contributed by atoms with Crippen molar-refractivity contribution in [2.45, 2.75) is 13.0 Å². The summed E-state index contributed by atoms with van der Waals surface area (Å²) in [5, 5.41) is 0. The van der Waals surface area contributed by atoms with Gasteiger partial charge in [-0.05, 0) is 29.8 Å². The van der Waals surface area contributed by atoms with Crippen LogP contribution in [0.5, 0.6) is 11.7 Å². The summed E-state index contributed by atoms with van der Waals surface area (Å²) in [6.45, 7) is 3.79. The molecule has 3 aromatic rings. The van der Waals surface area contributed by atoms with Gasteiger partial charge in [0.2, 0.25) is 5.89 Å². The van der Waals surface area contributed by atoms with E-state index in [0.717, 1.165) is 16.9 Å². The van der Waals surface area contributed by atoms with E-state index in [1.54, 1.807) is 37.5 Å². The van der Waals surface area contributed by atoms with Crippen molar-refractivity contribution in [3.63, 3.8) is 0 Å². The molecule has 0 atom stereocenters. The molecule has 1 aromatic heterocycles. The van der Waals surface area contributed by atoms with Gasteiger partial charge in [0.1, 0.15) is 18.1 Å². The van der Waals surface area contributed by atoms with Crippen molar-refractivity contribution in [2.24, 2.45) is 0 Å². The number of allylic oxidation sites excluding steroid dienone is 1. The lowest BCUT2D eigenvalue weighted by molar-refractivity contribution is 0.0840. The van der Waals surface area contributed by atoms with Gasteiger partial charge >= 0.3 is 12.1 Å². The van der Waals surface area contributed by atoms with Gasteiger partial charge in [-0.3, -0.25) is 0 Å². The second kappa shape index (κ2) is 8.71. The maximum Gasteiger partial charge on any atom is 0.516 e. The Morgan fingerprint density at radius 1 is 1.15 bits per heavy atom. The Bertz CT molecular complexity index is 900. The highest BCUT2D eigenvalue weighted by molar-refractivity contribution is 5.64. The van der Waals surface area contributed by atoms with Crippen LogP contribution in [-0.2, 0) is 17.8 Å². The molecule has 3 rings (SSSR count). The molecular weight excluding hydrogens is 346 g/mol. The monoisotopic (exact) mass is 365 g/mol. The number of oxazole rings is 1. The van der Waals surface area contributed by atoms with Crippen LogP contribution >= 0.6 is 0 Å². The molecular formula is C21H19NO5. The molecule has 138 valence electrons. The topological polar surface area (TPSA) is 70.8 Å². The molecule has 0 aliphatic rings. The number of ether oxygens (including phenoxy) is 3. The number of benzene rings is 2. The van der Waals surface area contributed by atoms with Crippen LogP contribution in [0.4, 0.5) is 4.79 Å². The van der Waals surface area contributed by atoms with E-state index in [0.29, 0.717) is 18.0 Å². The lowest BCUT2D eigenvalue weighted by Gasteiger charge is -2.04. The highest BCUT2D eigenvalue weighted by atomic mass is 16.8. The minimum absolute atomic E-state index is 0.00113. The van der Waals surface area contributed by atoms with Crippen molar-refractivity contribution in [1.29, 1.82) is 0 Å². The standard InChI is InChI=1S/C21H19NO5/c1-3-7-18-20(27-21(23)25-14-15-8-5-4-6-9-15)26-19(22-18)16-10-12-17(24-2)13-11-16/h3-6,8-13H,1,7,14H2,2H3. The molecule has 1 heterocycles. The lowest BCUT2D eigenvalue weighted by Crippen LogP contribution is -2.11. The van der Waals surface area contributed by atoms with E-state index in [4.69, 9.17) is 18.6 Å². The van der Waals surface area contributed by atoms with Gasteiger partial charge in [-0.15, -0.1) is 6.58 Å². The zero-order valence-corrected chi connectivity index (χ0v) is 14.9. The number of carbonyl (C=O) groups is 1. The number of carbonyl (C=O) groups excluding carboxylic acids is 1. The maximum absolute atomic E-state index is 12.0. The van der Waals surface area contributed by atoms with Gasteiger partial charge in [0.25, 0.3) is 0 Å².